The minimum Gasteiger partial charge on any atom is -0.393 e. The third-order valence-electron chi connectivity index (χ3n) is 2.17. The molecule has 1 aromatic carbocycles. The van der Waals surface area contributed by atoms with Gasteiger partial charge in [-0.25, -0.2) is 0 Å². The molecule has 0 bridgehead atoms. The van der Waals surface area contributed by atoms with Crippen LogP contribution in [0.5, 0.6) is 0 Å². The zero-order valence-electron chi connectivity index (χ0n) is 10.3. The minimum absolute atomic E-state index is 0.719. The molecule has 0 amide bonds. The highest BCUT2D eigenvalue weighted by molar-refractivity contribution is 6.45. The topological polar surface area (TPSA) is 21.7 Å². The quantitative estimate of drug-likeness (QED) is 0.680. The van der Waals surface area contributed by atoms with Crippen molar-refractivity contribution in [1.82, 2.24) is 0 Å². The van der Waals surface area contributed by atoms with Crippen molar-refractivity contribution >= 4 is 15.0 Å². The summed E-state index contributed by atoms with van der Waals surface area (Å²) in [5, 5.41) is 0. The predicted molar refractivity (Wildman–Crippen MR) is 68.7 cm³/mol. The molecular weight excluding hydrogens is 218 g/mol. The summed E-state index contributed by atoms with van der Waals surface area (Å²) < 4.78 is 11.2. The molecule has 0 saturated carbocycles. The van der Waals surface area contributed by atoms with E-state index in [1.54, 1.807) is 0 Å². The van der Waals surface area contributed by atoms with E-state index in [9.17, 15) is 0 Å². The van der Waals surface area contributed by atoms with E-state index >= 15 is 0 Å². The Morgan fingerprint density at radius 3 is 2.12 bits per heavy atom. The number of benzene rings is 1. The Hall–Kier alpha value is -0.843. The molecule has 4 heteroatoms. The van der Waals surface area contributed by atoms with Crippen LogP contribution in [0.1, 0.15) is 13.8 Å². The second-order valence-corrected chi connectivity index (χ2v) is 5.07. The van der Waals surface area contributed by atoms with Gasteiger partial charge in [0.05, 0.1) is 6.17 Å². The summed E-state index contributed by atoms with van der Waals surface area (Å²) >= 11 is 0. The van der Waals surface area contributed by atoms with Gasteiger partial charge in [0.2, 0.25) is 0 Å². The van der Waals surface area contributed by atoms with E-state index in [4.69, 9.17) is 8.85 Å². The van der Waals surface area contributed by atoms with Crippen LogP contribution < -0.4 is 4.90 Å². The highest BCUT2D eigenvalue weighted by atomic mass is 28.3. The monoisotopic (exact) mass is 238 g/mol. The molecule has 0 N–H and O–H groups in total. The van der Waals surface area contributed by atoms with Crippen molar-refractivity contribution in [3.05, 3.63) is 30.3 Å². The number of nitrogens with zero attached hydrogens (tertiary/aromatic N) is 1. The summed E-state index contributed by atoms with van der Waals surface area (Å²) in [7, 11) is 0.901. The van der Waals surface area contributed by atoms with E-state index in [1.165, 1.54) is 5.69 Å². The molecule has 0 aromatic heterocycles. The second kappa shape index (κ2) is 7.43. The molecule has 0 unspecified atom stereocenters. The van der Waals surface area contributed by atoms with Crippen LogP contribution in [0, 0.1) is 0 Å². The summed E-state index contributed by atoms with van der Waals surface area (Å²) in [4.78, 5) is 2.18. The van der Waals surface area contributed by atoms with Gasteiger partial charge in [-0.2, -0.15) is 0 Å². The number of anilines is 1. The van der Waals surface area contributed by atoms with E-state index in [2.05, 4.69) is 24.1 Å². The Morgan fingerprint density at radius 1 is 1.06 bits per heavy atom. The summed E-state index contributed by atoms with van der Waals surface area (Å²) in [6.45, 7) is 5.45. The van der Waals surface area contributed by atoms with E-state index in [1.807, 2.05) is 32.0 Å². The van der Waals surface area contributed by atoms with Crippen molar-refractivity contribution in [2.24, 2.45) is 0 Å². The van der Waals surface area contributed by atoms with Gasteiger partial charge in [0, 0.05) is 25.9 Å². The van der Waals surface area contributed by atoms with Gasteiger partial charge in [-0.05, 0) is 26.0 Å². The Kier molecular flexibility index (Phi) is 6.14. The first-order valence-electron chi connectivity index (χ1n) is 5.65. The molecule has 1 rings (SSSR count). The standard InChI is InChI=1S/C12H20NO2Si/c1-4-14-16(15-5-2)11-13(3)12-9-7-6-8-10-12/h6-10H,4-5,11H2,1-3H3. The van der Waals surface area contributed by atoms with Crippen molar-refractivity contribution in [2.75, 3.05) is 31.3 Å². The van der Waals surface area contributed by atoms with Crippen LogP contribution in [-0.2, 0) is 8.85 Å². The first-order valence-corrected chi connectivity index (χ1v) is 7.17. The molecule has 0 spiro atoms. The van der Waals surface area contributed by atoms with E-state index < -0.39 is 9.28 Å². The maximum atomic E-state index is 5.61. The van der Waals surface area contributed by atoms with Crippen molar-refractivity contribution in [3.8, 4) is 0 Å². The van der Waals surface area contributed by atoms with Gasteiger partial charge in [0.1, 0.15) is 0 Å². The molecule has 1 radical (unpaired) electrons. The number of hydrogen-bond donors (Lipinski definition) is 0. The maximum absolute atomic E-state index is 5.61. The fraction of sp³-hybridized carbons (Fsp3) is 0.500. The molecule has 0 saturated heterocycles. The molecule has 0 heterocycles. The molecule has 0 fully saturated rings. The number of para-hydroxylation sites is 1. The average Bonchev–Trinajstić information content (AvgIpc) is 2.31. The van der Waals surface area contributed by atoms with Gasteiger partial charge < -0.3 is 13.8 Å². The lowest BCUT2D eigenvalue weighted by atomic mass is 10.3. The molecular formula is C12H20NO2Si. The van der Waals surface area contributed by atoms with Gasteiger partial charge in [-0.1, -0.05) is 18.2 Å². The van der Waals surface area contributed by atoms with Gasteiger partial charge in [-0.15, -0.1) is 0 Å². The average molecular weight is 238 g/mol. The van der Waals surface area contributed by atoms with E-state index in [0.717, 1.165) is 19.4 Å². The van der Waals surface area contributed by atoms with Gasteiger partial charge in [0.25, 0.3) is 0 Å². The normalized spacial score (nSPS) is 10.8. The lowest BCUT2D eigenvalue weighted by molar-refractivity contribution is 0.214. The number of hydrogen-bond acceptors (Lipinski definition) is 3. The van der Waals surface area contributed by atoms with Gasteiger partial charge >= 0.3 is 9.28 Å². The fourth-order valence-electron chi connectivity index (χ4n) is 1.42. The van der Waals surface area contributed by atoms with Crippen LogP contribution in [0.3, 0.4) is 0 Å². The lowest BCUT2D eigenvalue weighted by Gasteiger charge is -2.22. The van der Waals surface area contributed by atoms with Crippen molar-refractivity contribution in [2.45, 2.75) is 13.8 Å². The van der Waals surface area contributed by atoms with Crippen LogP contribution in [0.2, 0.25) is 0 Å². The Bertz CT molecular complexity index is 276. The summed E-state index contributed by atoms with van der Waals surface area (Å²) in [5.41, 5.74) is 1.20. The Balaban J connectivity index is 2.50. The molecule has 89 valence electrons. The largest absolute Gasteiger partial charge is 0.406 e. The lowest BCUT2D eigenvalue weighted by Crippen LogP contribution is -2.37. The second-order valence-electron chi connectivity index (χ2n) is 3.43. The van der Waals surface area contributed by atoms with Crippen molar-refractivity contribution in [1.29, 1.82) is 0 Å². The Morgan fingerprint density at radius 2 is 1.62 bits per heavy atom. The molecule has 0 atom stereocenters. The first kappa shape index (κ1) is 13.2. The predicted octanol–water partition coefficient (Wildman–Crippen LogP) is 2.22. The van der Waals surface area contributed by atoms with Crippen LogP contribution in [-0.4, -0.2) is 35.7 Å². The van der Waals surface area contributed by atoms with Gasteiger partial charge in [0.15, 0.2) is 0 Å². The maximum Gasteiger partial charge on any atom is 0.406 e. The number of rotatable bonds is 7. The van der Waals surface area contributed by atoms with Crippen molar-refractivity contribution < 1.29 is 8.85 Å². The first-order chi connectivity index (χ1) is 7.77. The fourth-order valence-corrected chi connectivity index (χ4v) is 2.90. The van der Waals surface area contributed by atoms with Crippen LogP contribution in [0.15, 0.2) is 30.3 Å². The third-order valence-corrected chi connectivity index (χ3v) is 4.13. The van der Waals surface area contributed by atoms with E-state index in [-0.39, 0.29) is 0 Å². The molecule has 16 heavy (non-hydrogen) atoms. The molecule has 0 aliphatic carbocycles. The Labute approximate surface area is 99.8 Å². The van der Waals surface area contributed by atoms with Crippen LogP contribution in [0.4, 0.5) is 5.69 Å². The summed E-state index contributed by atoms with van der Waals surface area (Å²) in [6.07, 6.45) is 0.844. The zero-order valence-corrected chi connectivity index (χ0v) is 11.3. The third kappa shape index (κ3) is 4.34. The highest BCUT2D eigenvalue weighted by Gasteiger charge is 2.17. The SMILES string of the molecule is CCO[Si](CN(C)c1ccccc1)OCC. The van der Waals surface area contributed by atoms with Crippen LogP contribution >= 0.6 is 0 Å². The molecule has 3 nitrogen and oxygen atoms in total. The van der Waals surface area contributed by atoms with E-state index in [0.29, 0.717) is 0 Å². The minimum atomic E-state index is -1.17. The smallest absolute Gasteiger partial charge is 0.393 e. The molecule has 1 aromatic rings. The zero-order chi connectivity index (χ0) is 11.8. The van der Waals surface area contributed by atoms with Crippen molar-refractivity contribution in [3.63, 3.8) is 0 Å². The molecule has 0 aliphatic heterocycles. The van der Waals surface area contributed by atoms with Crippen LogP contribution in [0.25, 0.3) is 0 Å². The highest BCUT2D eigenvalue weighted by Crippen LogP contribution is 2.11. The van der Waals surface area contributed by atoms with Gasteiger partial charge in [-0.3, -0.25) is 0 Å². The summed E-state index contributed by atoms with van der Waals surface area (Å²) in [6, 6.07) is 10.3. The summed E-state index contributed by atoms with van der Waals surface area (Å²) in [5.74, 6) is 0. The molecule has 0 aliphatic rings.